The van der Waals surface area contributed by atoms with E-state index in [-0.39, 0.29) is 11.9 Å². The van der Waals surface area contributed by atoms with Crippen molar-refractivity contribution < 1.29 is 14.3 Å². The van der Waals surface area contributed by atoms with Gasteiger partial charge in [-0.15, -0.1) is 10.2 Å². The highest BCUT2D eigenvalue weighted by Gasteiger charge is 2.32. The summed E-state index contributed by atoms with van der Waals surface area (Å²) in [5.74, 6) is 0.970. The van der Waals surface area contributed by atoms with Gasteiger partial charge in [-0.1, -0.05) is 42.5 Å². The molecule has 0 bridgehead atoms. The van der Waals surface area contributed by atoms with E-state index < -0.39 is 5.41 Å². The number of carbonyl (C=O) groups is 2. The molecule has 1 fully saturated rings. The summed E-state index contributed by atoms with van der Waals surface area (Å²) in [7, 11) is 1.40. The van der Waals surface area contributed by atoms with E-state index in [2.05, 4.69) is 14.8 Å². The molecule has 0 radical (unpaired) electrons. The maximum absolute atomic E-state index is 13.5. The van der Waals surface area contributed by atoms with Crippen molar-refractivity contribution in [2.45, 2.75) is 44.7 Å². The van der Waals surface area contributed by atoms with Crippen molar-refractivity contribution in [3.05, 3.63) is 83.7 Å². The van der Waals surface area contributed by atoms with Crippen molar-refractivity contribution in [1.82, 2.24) is 19.7 Å². The van der Waals surface area contributed by atoms with Crippen molar-refractivity contribution in [2.75, 3.05) is 12.0 Å². The minimum Gasteiger partial charge on any atom is -0.468 e. The van der Waals surface area contributed by atoms with Crippen LogP contribution < -0.4 is 4.90 Å². The summed E-state index contributed by atoms with van der Waals surface area (Å²) in [4.78, 5) is 32.1. The van der Waals surface area contributed by atoms with Gasteiger partial charge >= 0.3 is 5.97 Å². The Hall–Kier alpha value is -4.33. The zero-order valence-corrected chi connectivity index (χ0v) is 21.0. The number of fused-ring (bicyclic) bond motifs is 1. The second kappa shape index (κ2) is 8.65. The summed E-state index contributed by atoms with van der Waals surface area (Å²) in [5.41, 5.74) is 4.38. The molecule has 6 rings (SSSR count). The van der Waals surface area contributed by atoms with Gasteiger partial charge in [0.1, 0.15) is 17.8 Å². The molecule has 0 atom stereocenters. The molecule has 2 aliphatic rings. The highest BCUT2D eigenvalue weighted by molar-refractivity contribution is 6.10. The Labute approximate surface area is 214 Å². The summed E-state index contributed by atoms with van der Waals surface area (Å²) in [6, 6.07) is 19.9. The summed E-state index contributed by atoms with van der Waals surface area (Å²) in [6.45, 7) is 4.15. The third kappa shape index (κ3) is 3.98. The fourth-order valence-electron chi connectivity index (χ4n) is 4.86. The van der Waals surface area contributed by atoms with E-state index in [1.54, 1.807) is 11.2 Å². The van der Waals surface area contributed by atoms with Gasteiger partial charge in [0, 0.05) is 11.6 Å². The molecule has 2 aromatic carbocycles. The van der Waals surface area contributed by atoms with E-state index in [4.69, 9.17) is 9.72 Å². The van der Waals surface area contributed by atoms with Crippen LogP contribution in [-0.4, -0.2) is 38.7 Å². The number of carbonyl (C=O) groups excluding carboxylic acids is 2. The number of rotatable bonds is 6. The first-order valence-corrected chi connectivity index (χ1v) is 12.4. The fourth-order valence-corrected chi connectivity index (χ4v) is 4.86. The first kappa shape index (κ1) is 23.1. The van der Waals surface area contributed by atoms with Crippen LogP contribution in [-0.2, 0) is 21.5 Å². The Bertz CT molecular complexity index is 1520. The fraction of sp³-hybridized carbons (Fsp3) is 0.276. The quantitative estimate of drug-likeness (QED) is 0.353. The zero-order chi connectivity index (χ0) is 25.7. The van der Waals surface area contributed by atoms with Crippen molar-refractivity contribution in [2.24, 2.45) is 0 Å². The van der Waals surface area contributed by atoms with Crippen molar-refractivity contribution >= 4 is 17.7 Å². The number of aromatic nitrogens is 4. The molecule has 0 saturated heterocycles. The summed E-state index contributed by atoms with van der Waals surface area (Å²) < 4.78 is 7.01. The van der Waals surface area contributed by atoms with Gasteiger partial charge in [0.15, 0.2) is 5.82 Å². The van der Waals surface area contributed by atoms with Crippen molar-refractivity contribution in [1.29, 1.82) is 0 Å². The molecular weight excluding hydrogens is 466 g/mol. The largest absolute Gasteiger partial charge is 0.468 e. The van der Waals surface area contributed by atoms with Crippen LogP contribution in [0.1, 0.15) is 54.2 Å². The van der Waals surface area contributed by atoms with Gasteiger partial charge in [-0.05, 0) is 67.1 Å². The number of methoxy groups -OCH3 is 1. The number of nitrogens with zero attached hydrogens (tertiary/aromatic N) is 5. The summed E-state index contributed by atoms with van der Waals surface area (Å²) >= 11 is 0. The predicted octanol–water partition coefficient (Wildman–Crippen LogP) is 4.95. The van der Waals surface area contributed by atoms with Crippen LogP contribution >= 0.6 is 0 Å². The lowest BCUT2D eigenvalue weighted by Crippen LogP contribution is -2.30. The second-order valence-corrected chi connectivity index (χ2v) is 10.1. The molecule has 1 saturated carbocycles. The minimum absolute atomic E-state index is 0.0754. The molecule has 1 amide bonds. The SMILES string of the molecule is COC(=O)C(C)(C)c1ccc(-c2ccc3c(c2)C(=O)N(c2cccc(-c4nncn4C4CC4)n2)C3)cc1. The predicted molar refractivity (Wildman–Crippen MR) is 139 cm³/mol. The molecule has 186 valence electrons. The van der Waals surface area contributed by atoms with Crippen LogP contribution in [0.4, 0.5) is 5.82 Å². The van der Waals surface area contributed by atoms with Crippen molar-refractivity contribution in [3.8, 4) is 22.6 Å². The van der Waals surface area contributed by atoms with Crippen LogP contribution in [0.2, 0.25) is 0 Å². The molecule has 8 nitrogen and oxygen atoms in total. The van der Waals surface area contributed by atoms with E-state index in [0.717, 1.165) is 40.9 Å². The lowest BCUT2D eigenvalue weighted by molar-refractivity contribution is -0.146. The number of amides is 1. The third-order valence-corrected chi connectivity index (χ3v) is 7.30. The zero-order valence-electron chi connectivity index (χ0n) is 21.0. The van der Waals surface area contributed by atoms with Crippen LogP contribution in [0.15, 0.2) is 67.0 Å². The van der Waals surface area contributed by atoms with E-state index in [1.165, 1.54) is 7.11 Å². The number of benzene rings is 2. The molecular formula is C29H27N5O3. The van der Waals surface area contributed by atoms with Crippen LogP contribution in [0.5, 0.6) is 0 Å². The average Bonchev–Trinajstić information content (AvgIpc) is 3.56. The van der Waals surface area contributed by atoms with Gasteiger partial charge in [0.2, 0.25) is 0 Å². The highest BCUT2D eigenvalue weighted by atomic mass is 16.5. The van der Waals surface area contributed by atoms with Crippen LogP contribution in [0.25, 0.3) is 22.6 Å². The Balaban J connectivity index is 1.26. The normalized spacial score (nSPS) is 15.1. The van der Waals surface area contributed by atoms with Crippen LogP contribution in [0.3, 0.4) is 0 Å². The highest BCUT2D eigenvalue weighted by Crippen LogP contribution is 2.38. The summed E-state index contributed by atoms with van der Waals surface area (Å²) in [5, 5.41) is 8.35. The van der Waals surface area contributed by atoms with Crippen molar-refractivity contribution in [3.63, 3.8) is 0 Å². The monoisotopic (exact) mass is 493 g/mol. The first-order chi connectivity index (χ1) is 17.9. The van der Waals surface area contributed by atoms with Gasteiger partial charge in [0.05, 0.1) is 19.1 Å². The Morgan fingerprint density at radius 2 is 1.78 bits per heavy atom. The molecule has 0 unspecified atom stereocenters. The first-order valence-electron chi connectivity index (χ1n) is 12.4. The van der Waals surface area contributed by atoms with E-state index >= 15 is 0 Å². The van der Waals surface area contributed by atoms with E-state index in [1.807, 2.05) is 74.5 Å². The molecule has 4 aromatic rings. The number of ether oxygens (including phenoxy) is 1. The Morgan fingerprint density at radius 3 is 2.51 bits per heavy atom. The van der Waals surface area contributed by atoms with E-state index in [0.29, 0.717) is 29.7 Å². The standard InChI is InChI=1S/C29H27N5O3/c1-29(2,28(36)37-3)21-11-9-18(10-12-21)19-7-8-20-16-33(27(35)23(20)15-19)25-6-4-5-24(31-25)26-32-30-17-34(26)22-13-14-22/h4-12,15,17,22H,13-14,16H2,1-3H3. The van der Waals surface area contributed by atoms with Gasteiger partial charge < -0.3 is 9.30 Å². The molecule has 0 spiro atoms. The van der Waals surface area contributed by atoms with Gasteiger partial charge in [-0.25, -0.2) is 4.98 Å². The molecule has 2 aromatic heterocycles. The molecule has 0 N–H and O–H groups in total. The summed E-state index contributed by atoms with van der Waals surface area (Å²) in [6.07, 6.45) is 4.00. The number of esters is 1. The van der Waals surface area contributed by atoms with Gasteiger partial charge in [-0.2, -0.15) is 0 Å². The molecule has 1 aliphatic heterocycles. The second-order valence-electron chi connectivity index (χ2n) is 10.1. The van der Waals surface area contributed by atoms with Gasteiger partial charge in [-0.3, -0.25) is 14.5 Å². The molecule has 1 aliphatic carbocycles. The Morgan fingerprint density at radius 1 is 1.03 bits per heavy atom. The Kier molecular flexibility index (Phi) is 5.40. The minimum atomic E-state index is -0.741. The van der Waals surface area contributed by atoms with E-state index in [9.17, 15) is 9.59 Å². The molecule has 3 heterocycles. The number of hydrogen-bond acceptors (Lipinski definition) is 6. The number of anilines is 1. The lowest BCUT2D eigenvalue weighted by Gasteiger charge is -2.22. The number of hydrogen-bond donors (Lipinski definition) is 0. The number of pyridine rings is 1. The molecule has 37 heavy (non-hydrogen) atoms. The lowest BCUT2D eigenvalue weighted by atomic mass is 9.84. The smallest absolute Gasteiger partial charge is 0.315 e. The van der Waals surface area contributed by atoms with Gasteiger partial charge in [0.25, 0.3) is 5.91 Å². The maximum Gasteiger partial charge on any atom is 0.315 e. The average molecular weight is 494 g/mol. The third-order valence-electron chi connectivity index (χ3n) is 7.30. The topological polar surface area (TPSA) is 90.2 Å². The van der Waals surface area contributed by atoms with Crippen LogP contribution in [0, 0.1) is 0 Å². The maximum atomic E-state index is 13.5. The molecule has 8 heteroatoms.